The molecule has 4 aliphatic carbocycles. The van der Waals surface area contributed by atoms with E-state index < -0.39 is 0 Å². The Morgan fingerprint density at radius 3 is 2.79 bits per heavy atom. The molecular weight excluding hydrogens is 342 g/mol. The Hall–Kier alpha value is -1.70. The first-order chi connectivity index (χ1) is 13.5. The Morgan fingerprint density at radius 2 is 2.04 bits per heavy atom. The van der Waals surface area contributed by atoms with E-state index in [9.17, 15) is 4.79 Å². The topological polar surface area (TPSA) is 30.0 Å². The number of aromatic nitrogens is 1. The van der Waals surface area contributed by atoms with Gasteiger partial charge in [0.05, 0.1) is 0 Å². The molecule has 0 aromatic carbocycles. The number of pyridine rings is 1. The van der Waals surface area contributed by atoms with E-state index in [0.717, 1.165) is 30.6 Å². The number of carbonyl (C=O) groups excluding carboxylic acids is 1. The number of allylic oxidation sites excluding steroid dienone is 4. The molecule has 28 heavy (non-hydrogen) atoms. The number of nitrogens with zero attached hydrogens (tertiary/aromatic N) is 1. The number of hydrogen-bond donors (Lipinski definition) is 0. The van der Waals surface area contributed by atoms with Crippen LogP contribution in [0.3, 0.4) is 0 Å². The van der Waals surface area contributed by atoms with Gasteiger partial charge in [-0.3, -0.25) is 9.78 Å². The van der Waals surface area contributed by atoms with Crippen LogP contribution in [0, 0.1) is 34.5 Å². The molecule has 0 spiro atoms. The Bertz CT molecular complexity index is 852. The van der Waals surface area contributed by atoms with Crippen LogP contribution in [0.2, 0.25) is 0 Å². The van der Waals surface area contributed by atoms with Crippen LogP contribution in [0.5, 0.6) is 0 Å². The fraction of sp³-hybridized carbons (Fsp3) is 0.615. The number of fused-ring (bicyclic) bond motifs is 5. The molecule has 5 rings (SSSR count). The molecule has 0 amide bonds. The van der Waals surface area contributed by atoms with Crippen molar-refractivity contribution in [2.24, 2.45) is 34.5 Å². The highest BCUT2D eigenvalue weighted by Crippen LogP contribution is 2.67. The first kappa shape index (κ1) is 18.3. The van der Waals surface area contributed by atoms with E-state index in [1.54, 1.807) is 5.57 Å². The molecule has 2 heteroatoms. The summed E-state index contributed by atoms with van der Waals surface area (Å²) in [4.78, 5) is 16.6. The van der Waals surface area contributed by atoms with Crippen LogP contribution in [0.25, 0.3) is 5.57 Å². The summed E-state index contributed by atoms with van der Waals surface area (Å²) in [5.41, 5.74) is 4.90. The molecule has 0 N–H and O–H groups in total. The van der Waals surface area contributed by atoms with Crippen LogP contribution in [0.15, 0.2) is 42.3 Å². The van der Waals surface area contributed by atoms with Gasteiger partial charge in [0, 0.05) is 18.8 Å². The molecule has 2 fully saturated rings. The molecule has 6 atom stereocenters. The van der Waals surface area contributed by atoms with Crippen molar-refractivity contribution in [3.8, 4) is 0 Å². The summed E-state index contributed by atoms with van der Waals surface area (Å²) in [7, 11) is 0. The average Bonchev–Trinajstić information content (AvgIpc) is 3.06. The fourth-order valence-electron chi connectivity index (χ4n) is 7.71. The van der Waals surface area contributed by atoms with Crippen molar-refractivity contribution in [1.82, 2.24) is 4.98 Å². The zero-order chi connectivity index (χ0) is 19.5. The SMILES string of the molecule is CCC1C[C@@H]2C(CC[C@]3(C)C(c4cccnc4)=CCC23)[C@@]2(C)CCC(=O)C=C12. The molecular formula is C26H33NO. The van der Waals surface area contributed by atoms with Crippen molar-refractivity contribution in [3.05, 3.63) is 47.8 Å². The zero-order valence-electron chi connectivity index (χ0n) is 17.6. The molecule has 0 radical (unpaired) electrons. The summed E-state index contributed by atoms with van der Waals surface area (Å²) in [5.74, 6) is 3.23. The van der Waals surface area contributed by atoms with E-state index in [0.29, 0.717) is 11.7 Å². The highest BCUT2D eigenvalue weighted by molar-refractivity contribution is 5.91. The Labute approximate surface area is 169 Å². The number of ketones is 1. The van der Waals surface area contributed by atoms with Gasteiger partial charge in [0.1, 0.15) is 0 Å². The molecule has 1 aromatic heterocycles. The molecule has 0 saturated heterocycles. The first-order valence-corrected chi connectivity index (χ1v) is 11.3. The van der Waals surface area contributed by atoms with Crippen LogP contribution in [-0.2, 0) is 4.79 Å². The minimum atomic E-state index is 0.246. The van der Waals surface area contributed by atoms with Crippen LogP contribution >= 0.6 is 0 Å². The second-order valence-electron chi connectivity index (χ2n) is 10.3. The molecule has 1 aromatic rings. The maximum absolute atomic E-state index is 12.2. The van der Waals surface area contributed by atoms with Gasteiger partial charge in [0.2, 0.25) is 0 Å². The minimum Gasteiger partial charge on any atom is -0.295 e. The largest absolute Gasteiger partial charge is 0.295 e. The van der Waals surface area contributed by atoms with Gasteiger partial charge in [-0.2, -0.15) is 0 Å². The molecule has 3 unspecified atom stereocenters. The van der Waals surface area contributed by atoms with Gasteiger partial charge in [-0.15, -0.1) is 0 Å². The maximum atomic E-state index is 12.2. The average molecular weight is 376 g/mol. The molecule has 4 aliphatic rings. The van der Waals surface area contributed by atoms with E-state index in [2.05, 4.69) is 56.2 Å². The Morgan fingerprint density at radius 1 is 1.18 bits per heavy atom. The third kappa shape index (κ3) is 2.46. The highest BCUT2D eigenvalue weighted by atomic mass is 16.1. The second-order valence-corrected chi connectivity index (χ2v) is 10.3. The van der Waals surface area contributed by atoms with Crippen LogP contribution in [0.4, 0.5) is 0 Å². The summed E-state index contributed by atoms with van der Waals surface area (Å²) < 4.78 is 0. The quantitative estimate of drug-likeness (QED) is 0.612. The predicted molar refractivity (Wildman–Crippen MR) is 113 cm³/mol. The Balaban J connectivity index is 1.52. The fourth-order valence-corrected chi connectivity index (χ4v) is 7.71. The summed E-state index contributed by atoms with van der Waals surface area (Å²) in [5, 5.41) is 0. The van der Waals surface area contributed by atoms with Crippen molar-refractivity contribution < 1.29 is 4.79 Å². The minimum absolute atomic E-state index is 0.246. The van der Waals surface area contributed by atoms with E-state index in [1.807, 2.05) is 6.20 Å². The lowest BCUT2D eigenvalue weighted by Crippen LogP contribution is -2.52. The normalized spacial score (nSPS) is 42.2. The molecule has 0 aliphatic heterocycles. The zero-order valence-corrected chi connectivity index (χ0v) is 17.6. The molecule has 2 nitrogen and oxygen atoms in total. The summed E-state index contributed by atoms with van der Waals surface area (Å²) in [6.45, 7) is 7.35. The molecule has 1 heterocycles. The van der Waals surface area contributed by atoms with Crippen LogP contribution in [0.1, 0.15) is 71.3 Å². The number of rotatable bonds is 2. The third-order valence-electron chi connectivity index (χ3n) is 9.16. The monoisotopic (exact) mass is 375 g/mol. The summed E-state index contributed by atoms with van der Waals surface area (Å²) in [6.07, 6.45) is 16.6. The van der Waals surface area contributed by atoms with Gasteiger partial charge < -0.3 is 0 Å². The van der Waals surface area contributed by atoms with Gasteiger partial charge >= 0.3 is 0 Å². The van der Waals surface area contributed by atoms with Gasteiger partial charge in [0.25, 0.3) is 0 Å². The van der Waals surface area contributed by atoms with Crippen molar-refractivity contribution in [2.75, 3.05) is 0 Å². The van der Waals surface area contributed by atoms with Crippen molar-refractivity contribution in [1.29, 1.82) is 0 Å². The van der Waals surface area contributed by atoms with Crippen molar-refractivity contribution in [2.45, 2.75) is 65.7 Å². The summed E-state index contributed by atoms with van der Waals surface area (Å²) >= 11 is 0. The number of carbonyl (C=O) groups is 1. The van der Waals surface area contributed by atoms with Gasteiger partial charge in [-0.25, -0.2) is 0 Å². The van der Waals surface area contributed by atoms with Gasteiger partial charge in [0.15, 0.2) is 5.78 Å². The lowest BCUT2D eigenvalue weighted by Gasteiger charge is -2.59. The van der Waals surface area contributed by atoms with Gasteiger partial charge in [-0.05, 0) is 96.3 Å². The van der Waals surface area contributed by atoms with E-state index >= 15 is 0 Å². The lowest BCUT2D eigenvalue weighted by atomic mass is 9.45. The lowest BCUT2D eigenvalue weighted by molar-refractivity contribution is -0.117. The van der Waals surface area contributed by atoms with Crippen LogP contribution in [-0.4, -0.2) is 10.8 Å². The Kier molecular flexibility index (Phi) is 4.19. The van der Waals surface area contributed by atoms with Crippen LogP contribution < -0.4 is 0 Å². The predicted octanol–water partition coefficient (Wildman–Crippen LogP) is 6.24. The van der Waals surface area contributed by atoms with E-state index in [1.165, 1.54) is 43.2 Å². The first-order valence-electron chi connectivity index (χ1n) is 11.3. The molecule has 2 saturated carbocycles. The van der Waals surface area contributed by atoms with Gasteiger partial charge in [-0.1, -0.05) is 38.5 Å². The number of hydrogen-bond acceptors (Lipinski definition) is 2. The van der Waals surface area contributed by atoms with Crippen molar-refractivity contribution >= 4 is 11.4 Å². The van der Waals surface area contributed by atoms with E-state index in [4.69, 9.17) is 0 Å². The second kappa shape index (κ2) is 6.40. The van der Waals surface area contributed by atoms with Crippen molar-refractivity contribution in [3.63, 3.8) is 0 Å². The molecule has 148 valence electrons. The standard InChI is InChI=1S/C26H33NO/c1-4-17-14-20-22-8-7-21(18-6-5-13-27-16-18)25(22,2)12-10-23(20)26(3)11-9-19(28)15-24(17)26/h5-7,13,15-17,20,22-23H,4,8-12,14H2,1-3H3/t17?,20-,22?,23?,25+,26+/m0/s1. The van der Waals surface area contributed by atoms with E-state index in [-0.39, 0.29) is 10.8 Å². The highest BCUT2D eigenvalue weighted by Gasteiger charge is 2.58. The smallest absolute Gasteiger partial charge is 0.155 e. The maximum Gasteiger partial charge on any atom is 0.155 e. The summed E-state index contributed by atoms with van der Waals surface area (Å²) in [6, 6.07) is 4.31. The third-order valence-corrected chi connectivity index (χ3v) is 9.16. The molecule has 0 bridgehead atoms.